The van der Waals surface area contributed by atoms with Crippen LogP contribution in [0, 0.1) is 0 Å². The van der Waals surface area contributed by atoms with E-state index in [0.29, 0.717) is 25.2 Å². The molecule has 3 N–H and O–H groups in total. The summed E-state index contributed by atoms with van der Waals surface area (Å²) in [6, 6.07) is 5.59. The average Bonchev–Trinajstić information content (AvgIpc) is 3.03. The lowest BCUT2D eigenvalue weighted by molar-refractivity contribution is -0.142. The number of hydrogen-bond acceptors (Lipinski definition) is 6. The van der Waals surface area contributed by atoms with Crippen LogP contribution in [0.4, 0.5) is 5.69 Å². The quantitative estimate of drug-likeness (QED) is 0.599. The van der Waals surface area contributed by atoms with E-state index in [2.05, 4.69) is 10.6 Å². The molecule has 0 aromatic heterocycles. The maximum atomic E-state index is 12.1. The van der Waals surface area contributed by atoms with Gasteiger partial charge in [-0.3, -0.25) is 9.59 Å². The summed E-state index contributed by atoms with van der Waals surface area (Å²) in [4.78, 5) is 26.0. The number of ether oxygens (including phenoxy) is 2. The number of aliphatic hydroxyl groups excluding tert-OH is 1. The predicted octanol–water partition coefficient (Wildman–Crippen LogP) is 1.10. The van der Waals surface area contributed by atoms with E-state index in [1.807, 2.05) is 39.2 Å². The van der Waals surface area contributed by atoms with Gasteiger partial charge in [0.25, 0.3) is 0 Å². The zero-order chi connectivity index (χ0) is 21.0. The number of rotatable bonds is 8. The van der Waals surface area contributed by atoms with Gasteiger partial charge in [0.05, 0.1) is 25.7 Å². The van der Waals surface area contributed by atoms with Crippen molar-refractivity contribution in [2.45, 2.75) is 50.4 Å². The Labute approximate surface area is 171 Å². The van der Waals surface area contributed by atoms with E-state index < -0.39 is 6.10 Å². The normalized spacial score (nSPS) is 25.1. The van der Waals surface area contributed by atoms with E-state index in [1.54, 1.807) is 4.90 Å². The highest BCUT2D eigenvalue weighted by Gasteiger charge is 2.46. The highest BCUT2D eigenvalue weighted by molar-refractivity contribution is 5.92. The lowest BCUT2D eigenvalue weighted by Gasteiger charge is -2.37. The Morgan fingerprint density at radius 2 is 2.07 bits per heavy atom. The molecule has 1 fully saturated rings. The van der Waals surface area contributed by atoms with Gasteiger partial charge in [0.15, 0.2) is 0 Å². The van der Waals surface area contributed by atoms with Gasteiger partial charge >= 0.3 is 0 Å². The predicted molar refractivity (Wildman–Crippen MR) is 109 cm³/mol. The first-order chi connectivity index (χ1) is 13.9. The average molecular weight is 405 g/mol. The number of carbonyl (C=O) groups excluding carboxylic acids is 2. The number of amides is 2. The molecule has 0 aliphatic carbocycles. The maximum absolute atomic E-state index is 12.1. The van der Waals surface area contributed by atoms with Crippen molar-refractivity contribution in [2.24, 2.45) is 0 Å². The number of nitrogens with one attached hydrogen (secondary N) is 2. The number of nitrogens with zero attached hydrogens (tertiary/aromatic N) is 1. The molecule has 3 rings (SSSR count). The highest BCUT2D eigenvalue weighted by Crippen LogP contribution is 2.47. The van der Waals surface area contributed by atoms with Gasteiger partial charge in [-0.2, -0.15) is 0 Å². The zero-order valence-electron chi connectivity index (χ0n) is 17.3. The minimum Gasteiger partial charge on any atom is -0.487 e. The summed E-state index contributed by atoms with van der Waals surface area (Å²) >= 11 is 0. The highest BCUT2D eigenvalue weighted by atomic mass is 16.6. The number of aliphatic hydroxyl groups is 1. The van der Waals surface area contributed by atoms with Gasteiger partial charge in [0.1, 0.15) is 18.0 Å². The van der Waals surface area contributed by atoms with Crippen molar-refractivity contribution >= 4 is 17.5 Å². The van der Waals surface area contributed by atoms with Gasteiger partial charge in [-0.15, -0.1) is 0 Å². The van der Waals surface area contributed by atoms with Gasteiger partial charge in [-0.05, 0) is 45.1 Å². The minimum atomic E-state index is -0.489. The first kappa shape index (κ1) is 21.5. The summed E-state index contributed by atoms with van der Waals surface area (Å²) in [5.74, 6) is 0.612. The molecule has 8 heteroatoms. The van der Waals surface area contributed by atoms with E-state index in [-0.39, 0.29) is 43.0 Å². The van der Waals surface area contributed by atoms with Crippen molar-refractivity contribution in [3.8, 4) is 5.75 Å². The number of anilines is 1. The van der Waals surface area contributed by atoms with E-state index in [1.165, 1.54) is 0 Å². The van der Waals surface area contributed by atoms with E-state index in [0.717, 1.165) is 17.7 Å². The molecule has 8 nitrogen and oxygen atoms in total. The van der Waals surface area contributed by atoms with Crippen LogP contribution in [0.2, 0.25) is 0 Å². The molecule has 0 unspecified atom stereocenters. The van der Waals surface area contributed by atoms with Crippen LogP contribution >= 0.6 is 0 Å². The van der Waals surface area contributed by atoms with Crippen molar-refractivity contribution in [3.63, 3.8) is 0 Å². The molecule has 29 heavy (non-hydrogen) atoms. The molecule has 0 spiro atoms. The van der Waals surface area contributed by atoms with Crippen LogP contribution in [0.3, 0.4) is 0 Å². The largest absolute Gasteiger partial charge is 0.487 e. The van der Waals surface area contributed by atoms with Crippen molar-refractivity contribution < 1.29 is 24.2 Å². The van der Waals surface area contributed by atoms with Crippen LogP contribution in [-0.4, -0.2) is 73.9 Å². The number of fused-ring (bicyclic) bond motifs is 3. The monoisotopic (exact) mass is 405 g/mol. The summed E-state index contributed by atoms with van der Waals surface area (Å²) in [5.41, 5.74) is 1.70. The first-order valence-electron chi connectivity index (χ1n) is 10.2. The second-order valence-corrected chi connectivity index (χ2v) is 8.00. The molecule has 2 aliphatic rings. The molecule has 2 aliphatic heterocycles. The van der Waals surface area contributed by atoms with Crippen LogP contribution in [0.1, 0.15) is 37.7 Å². The summed E-state index contributed by atoms with van der Waals surface area (Å²) < 4.78 is 12.0. The molecule has 0 bridgehead atoms. The number of hydrogen-bond donors (Lipinski definition) is 3. The van der Waals surface area contributed by atoms with E-state index in [9.17, 15) is 14.7 Å². The van der Waals surface area contributed by atoms with Gasteiger partial charge in [-0.1, -0.05) is 6.92 Å². The van der Waals surface area contributed by atoms with E-state index in [4.69, 9.17) is 9.47 Å². The molecule has 2 amide bonds. The molecular formula is C21H31N3O5. The Hall–Kier alpha value is -2.16. The van der Waals surface area contributed by atoms with Gasteiger partial charge in [0.2, 0.25) is 11.8 Å². The SMILES string of the molecule is CCCNC(=O)C[C@@H]1C[C@H]2c3cc(NC(=O)CN(C)C)ccc3O[C@H]2[C@@H](CO)O1. The Bertz CT molecular complexity index is 739. The summed E-state index contributed by atoms with van der Waals surface area (Å²) in [7, 11) is 3.68. The molecule has 4 atom stereocenters. The molecular weight excluding hydrogens is 374 g/mol. The molecule has 1 aromatic carbocycles. The smallest absolute Gasteiger partial charge is 0.238 e. The standard InChI is InChI=1S/C21H31N3O5/c1-4-7-22-19(26)10-14-9-16-15-8-13(23-20(27)11-24(2)3)5-6-17(15)29-21(16)18(12-25)28-14/h5-6,8,14,16,18,21,25H,4,7,9-12H2,1-3H3,(H,22,26)(H,23,27)/t14-,16-,18+,21+/m0/s1. The Balaban J connectivity index is 1.73. The molecule has 1 saturated heterocycles. The van der Waals surface area contributed by atoms with Crippen LogP contribution in [0.15, 0.2) is 18.2 Å². The molecule has 1 aromatic rings. The van der Waals surface area contributed by atoms with Crippen LogP contribution in [0.5, 0.6) is 5.75 Å². The molecule has 0 saturated carbocycles. The Morgan fingerprint density at radius 3 is 2.76 bits per heavy atom. The van der Waals surface area contributed by atoms with Crippen molar-refractivity contribution in [1.29, 1.82) is 0 Å². The molecule has 160 valence electrons. The Kier molecular flexibility index (Phi) is 7.10. The van der Waals surface area contributed by atoms with Crippen molar-refractivity contribution in [2.75, 3.05) is 39.1 Å². The third kappa shape index (κ3) is 5.26. The third-order valence-electron chi connectivity index (χ3n) is 5.23. The lowest BCUT2D eigenvalue weighted by Crippen LogP contribution is -2.47. The van der Waals surface area contributed by atoms with Crippen LogP contribution in [-0.2, 0) is 14.3 Å². The first-order valence-corrected chi connectivity index (χ1v) is 10.2. The third-order valence-corrected chi connectivity index (χ3v) is 5.23. The summed E-state index contributed by atoms with van der Waals surface area (Å²) in [6.45, 7) is 2.78. The fourth-order valence-electron chi connectivity index (χ4n) is 4.00. The zero-order valence-corrected chi connectivity index (χ0v) is 17.3. The fourth-order valence-corrected chi connectivity index (χ4v) is 4.00. The second-order valence-electron chi connectivity index (χ2n) is 8.00. The van der Waals surface area contributed by atoms with Crippen LogP contribution in [0.25, 0.3) is 0 Å². The van der Waals surface area contributed by atoms with Crippen LogP contribution < -0.4 is 15.4 Å². The second kappa shape index (κ2) is 9.56. The maximum Gasteiger partial charge on any atom is 0.238 e. The van der Waals surface area contributed by atoms with Gasteiger partial charge < -0.3 is 30.1 Å². The minimum absolute atomic E-state index is 0.00516. The van der Waals surface area contributed by atoms with Gasteiger partial charge in [-0.25, -0.2) is 0 Å². The van der Waals surface area contributed by atoms with Crippen molar-refractivity contribution in [3.05, 3.63) is 23.8 Å². The molecule has 0 radical (unpaired) electrons. The topological polar surface area (TPSA) is 100 Å². The van der Waals surface area contributed by atoms with E-state index >= 15 is 0 Å². The Morgan fingerprint density at radius 1 is 1.28 bits per heavy atom. The van der Waals surface area contributed by atoms with Crippen molar-refractivity contribution in [1.82, 2.24) is 10.2 Å². The summed E-state index contributed by atoms with van der Waals surface area (Å²) in [5, 5.41) is 15.6. The fraction of sp³-hybridized carbons (Fsp3) is 0.619. The lowest BCUT2D eigenvalue weighted by atomic mass is 9.84. The number of likely N-dealkylation sites (N-methyl/N-ethyl adjacent to an activating group) is 1. The number of benzene rings is 1. The summed E-state index contributed by atoms with van der Waals surface area (Å²) in [6.07, 6.45) is 0.698. The number of carbonyl (C=O) groups is 2. The van der Waals surface area contributed by atoms with Gasteiger partial charge in [0, 0.05) is 23.7 Å². The molecule has 2 heterocycles.